The van der Waals surface area contributed by atoms with Gasteiger partial charge < -0.3 is 11.1 Å². The molecule has 3 N–H and O–H groups in total. The number of hydrogen-bond donors (Lipinski definition) is 2. The predicted molar refractivity (Wildman–Crippen MR) is 69.3 cm³/mol. The Hall–Kier alpha value is -1.82. The number of aromatic nitrogens is 2. The van der Waals surface area contributed by atoms with E-state index >= 15 is 0 Å². The van der Waals surface area contributed by atoms with Gasteiger partial charge in [-0.2, -0.15) is 5.10 Å². The molecule has 0 aromatic carbocycles. The van der Waals surface area contributed by atoms with E-state index in [1.807, 2.05) is 14.0 Å². The normalized spacial score (nSPS) is 10.5. The van der Waals surface area contributed by atoms with E-state index in [-0.39, 0.29) is 5.91 Å². The Kier molecular flexibility index (Phi) is 3.14. The van der Waals surface area contributed by atoms with Gasteiger partial charge in [0.1, 0.15) is 4.88 Å². The SMILES string of the molecule is CCc1nn(C)cc1NC(=O)c1sccc1N. The fraction of sp³-hybridized carbons (Fsp3) is 0.273. The average Bonchev–Trinajstić information content (AvgIpc) is 2.84. The lowest BCUT2D eigenvalue weighted by Gasteiger charge is -2.03. The van der Waals surface area contributed by atoms with E-state index in [9.17, 15) is 4.79 Å². The molecule has 0 bridgehead atoms. The number of carbonyl (C=O) groups excluding carboxylic acids is 1. The van der Waals surface area contributed by atoms with Crippen LogP contribution in [0, 0.1) is 0 Å². The van der Waals surface area contributed by atoms with Crippen molar-refractivity contribution >= 4 is 28.6 Å². The van der Waals surface area contributed by atoms with Crippen LogP contribution in [0.2, 0.25) is 0 Å². The Labute approximate surface area is 103 Å². The number of nitrogen functional groups attached to an aromatic ring is 1. The van der Waals surface area contributed by atoms with Crippen molar-refractivity contribution in [3.05, 3.63) is 28.2 Å². The number of rotatable bonds is 3. The number of nitrogens with two attached hydrogens (primary N) is 1. The van der Waals surface area contributed by atoms with E-state index in [4.69, 9.17) is 5.73 Å². The summed E-state index contributed by atoms with van der Waals surface area (Å²) in [7, 11) is 1.83. The lowest BCUT2D eigenvalue weighted by atomic mass is 10.3. The summed E-state index contributed by atoms with van der Waals surface area (Å²) < 4.78 is 1.69. The van der Waals surface area contributed by atoms with E-state index in [0.29, 0.717) is 10.6 Å². The van der Waals surface area contributed by atoms with E-state index < -0.39 is 0 Å². The molecule has 2 aromatic rings. The summed E-state index contributed by atoms with van der Waals surface area (Å²) in [5, 5.41) is 8.89. The van der Waals surface area contributed by atoms with Gasteiger partial charge in [0.2, 0.25) is 0 Å². The van der Waals surface area contributed by atoms with Crippen LogP contribution in [0.1, 0.15) is 22.3 Å². The van der Waals surface area contributed by atoms with Crippen LogP contribution < -0.4 is 11.1 Å². The number of nitrogens with one attached hydrogen (secondary N) is 1. The van der Waals surface area contributed by atoms with Gasteiger partial charge in [0.25, 0.3) is 5.91 Å². The van der Waals surface area contributed by atoms with Crippen LogP contribution in [0.4, 0.5) is 11.4 Å². The first-order chi connectivity index (χ1) is 8.11. The highest BCUT2D eigenvalue weighted by Crippen LogP contribution is 2.21. The average molecular weight is 250 g/mol. The maximum absolute atomic E-state index is 12.0. The number of carbonyl (C=O) groups is 1. The quantitative estimate of drug-likeness (QED) is 0.873. The minimum atomic E-state index is -0.180. The van der Waals surface area contributed by atoms with Gasteiger partial charge in [-0.05, 0) is 17.9 Å². The van der Waals surface area contributed by atoms with Crippen LogP contribution in [0.3, 0.4) is 0 Å². The maximum Gasteiger partial charge on any atom is 0.267 e. The summed E-state index contributed by atoms with van der Waals surface area (Å²) in [5.41, 5.74) is 7.82. The second-order valence-electron chi connectivity index (χ2n) is 3.68. The van der Waals surface area contributed by atoms with Crippen LogP contribution in [-0.4, -0.2) is 15.7 Å². The highest BCUT2D eigenvalue weighted by atomic mass is 32.1. The zero-order chi connectivity index (χ0) is 12.4. The molecule has 1 amide bonds. The van der Waals surface area contributed by atoms with E-state index in [1.54, 1.807) is 22.3 Å². The fourth-order valence-corrected chi connectivity index (χ4v) is 2.30. The Balaban J connectivity index is 2.21. The summed E-state index contributed by atoms with van der Waals surface area (Å²) in [5.74, 6) is -0.180. The number of nitrogens with zero attached hydrogens (tertiary/aromatic N) is 2. The largest absolute Gasteiger partial charge is 0.397 e. The lowest BCUT2D eigenvalue weighted by molar-refractivity contribution is 0.103. The summed E-state index contributed by atoms with van der Waals surface area (Å²) in [4.78, 5) is 12.5. The Morgan fingerprint density at radius 3 is 3.00 bits per heavy atom. The second-order valence-corrected chi connectivity index (χ2v) is 4.59. The fourth-order valence-electron chi connectivity index (χ4n) is 1.58. The van der Waals surface area contributed by atoms with Gasteiger partial charge >= 0.3 is 0 Å². The van der Waals surface area contributed by atoms with Crippen molar-refractivity contribution in [2.75, 3.05) is 11.1 Å². The summed E-state index contributed by atoms with van der Waals surface area (Å²) in [6, 6.07) is 1.73. The van der Waals surface area contributed by atoms with Crippen LogP contribution >= 0.6 is 11.3 Å². The van der Waals surface area contributed by atoms with Gasteiger partial charge in [-0.25, -0.2) is 0 Å². The van der Waals surface area contributed by atoms with Crippen molar-refractivity contribution < 1.29 is 4.79 Å². The number of hydrogen-bond acceptors (Lipinski definition) is 4. The third-order valence-electron chi connectivity index (χ3n) is 2.39. The molecule has 2 rings (SSSR count). The number of amides is 1. The van der Waals surface area contributed by atoms with Gasteiger partial charge in [0, 0.05) is 13.2 Å². The molecule has 0 spiro atoms. The van der Waals surface area contributed by atoms with E-state index in [2.05, 4.69) is 10.4 Å². The van der Waals surface area contributed by atoms with Crippen molar-refractivity contribution in [1.29, 1.82) is 0 Å². The van der Waals surface area contributed by atoms with Crippen molar-refractivity contribution in [2.24, 2.45) is 7.05 Å². The minimum absolute atomic E-state index is 0.180. The first-order valence-corrected chi connectivity index (χ1v) is 6.16. The standard InChI is InChI=1S/C11H14N4OS/c1-3-8-9(6-15(2)14-8)13-11(16)10-7(12)4-5-17-10/h4-6H,3,12H2,1-2H3,(H,13,16). The molecule has 2 aromatic heterocycles. The third kappa shape index (κ3) is 2.31. The molecule has 5 nitrogen and oxygen atoms in total. The molecule has 0 fully saturated rings. The zero-order valence-corrected chi connectivity index (χ0v) is 10.5. The van der Waals surface area contributed by atoms with Crippen LogP contribution in [0.5, 0.6) is 0 Å². The summed E-state index contributed by atoms with van der Waals surface area (Å²) >= 11 is 1.33. The molecule has 0 aliphatic heterocycles. The minimum Gasteiger partial charge on any atom is -0.397 e. The van der Waals surface area contributed by atoms with E-state index in [0.717, 1.165) is 17.8 Å². The van der Waals surface area contributed by atoms with Crippen molar-refractivity contribution in [3.8, 4) is 0 Å². The highest BCUT2D eigenvalue weighted by Gasteiger charge is 2.14. The molecule has 0 unspecified atom stereocenters. The van der Waals surface area contributed by atoms with Crippen LogP contribution in [0.15, 0.2) is 17.6 Å². The molecule has 90 valence electrons. The van der Waals surface area contributed by atoms with E-state index in [1.165, 1.54) is 11.3 Å². The van der Waals surface area contributed by atoms with Gasteiger partial charge in [0.05, 0.1) is 17.1 Å². The second kappa shape index (κ2) is 4.58. The summed E-state index contributed by atoms with van der Waals surface area (Å²) in [6.07, 6.45) is 2.57. The lowest BCUT2D eigenvalue weighted by Crippen LogP contribution is -2.12. The zero-order valence-electron chi connectivity index (χ0n) is 9.73. The highest BCUT2D eigenvalue weighted by molar-refractivity contribution is 7.12. The molecule has 0 atom stereocenters. The van der Waals surface area contributed by atoms with Crippen LogP contribution in [0.25, 0.3) is 0 Å². The monoisotopic (exact) mass is 250 g/mol. The Morgan fingerprint density at radius 1 is 1.65 bits per heavy atom. The predicted octanol–water partition coefficient (Wildman–Crippen LogP) is 1.88. The number of thiophene rings is 1. The Bertz CT molecular complexity index is 543. The van der Waals surface area contributed by atoms with Crippen LogP contribution in [-0.2, 0) is 13.5 Å². The molecular weight excluding hydrogens is 236 g/mol. The smallest absolute Gasteiger partial charge is 0.267 e. The molecule has 0 saturated heterocycles. The Morgan fingerprint density at radius 2 is 2.41 bits per heavy atom. The first-order valence-electron chi connectivity index (χ1n) is 5.28. The molecule has 6 heteroatoms. The van der Waals surface area contributed by atoms with Crippen molar-refractivity contribution in [3.63, 3.8) is 0 Å². The van der Waals surface area contributed by atoms with Gasteiger partial charge in [0.15, 0.2) is 0 Å². The molecular formula is C11H14N4OS. The molecule has 0 saturated carbocycles. The summed E-state index contributed by atoms with van der Waals surface area (Å²) in [6.45, 7) is 2.00. The van der Waals surface area contributed by atoms with Crippen molar-refractivity contribution in [2.45, 2.75) is 13.3 Å². The molecule has 0 aliphatic rings. The number of aryl methyl sites for hydroxylation is 2. The van der Waals surface area contributed by atoms with Gasteiger partial charge in [-0.1, -0.05) is 6.92 Å². The topological polar surface area (TPSA) is 72.9 Å². The number of anilines is 2. The van der Waals surface area contributed by atoms with Crippen molar-refractivity contribution in [1.82, 2.24) is 9.78 Å². The third-order valence-corrected chi connectivity index (χ3v) is 3.32. The first kappa shape index (κ1) is 11.7. The maximum atomic E-state index is 12.0. The molecule has 2 heterocycles. The van der Waals surface area contributed by atoms with Gasteiger partial charge in [-0.3, -0.25) is 9.48 Å². The molecule has 0 radical (unpaired) electrons. The molecule has 0 aliphatic carbocycles. The molecule has 17 heavy (non-hydrogen) atoms. The van der Waals surface area contributed by atoms with Gasteiger partial charge in [-0.15, -0.1) is 11.3 Å².